The molecule has 2 rings (SSSR count). The van der Waals surface area contributed by atoms with E-state index in [1.807, 2.05) is 0 Å². The third-order valence-corrected chi connectivity index (χ3v) is 5.47. The highest BCUT2D eigenvalue weighted by Gasteiger charge is 2.67. The largest absolute Gasteiger partial charge is 0.311 e. The molecule has 1 N–H and O–H groups in total. The lowest BCUT2D eigenvalue weighted by molar-refractivity contribution is 0.109. The minimum absolute atomic E-state index is 0.483. The van der Waals surface area contributed by atoms with Crippen LogP contribution in [0.4, 0.5) is 0 Å². The molecule has 0 spiro atoms. The molecule has 0 aromatic rings. The summed E-state index contributed by atoms with van der Waals surface area (Å²) in [6.45, 7) is 16.7. The van der Waals surface area contributed by atoms with Gasteiger partial charge >= 0.3 is 0 Å². The molecule has 2 fully saturated rings. The van der Waals surface area contributed by atoms with Crippen molar-refractivity contribution in [3.8, 4) is 0 Å². The average molecular weight is 224 g/mol. The molecule has 0 radical (unpaired) electrons. The smallest absolute Gasteiger partial charge is 0.0213 e. The maximum Gasteiger partial charge on any atom is 0.0213 e. The zero-order valence-electron chi connectivity index (χ0n) is 11.8. The van der Waals surface area contributed by atoms with Crippen molar-refractivity contribution in [2.75, 3.05) is 13.1 Å². The monoisotopic (exact) mass is 224 g/mol. The van der Waals surface area contributed by atoms with Crippen molar-refractivity contribution in [1.82, 2.24) is 10.2 Å². The van der Waals surface area contributed by atoms with E-state index in [4.69, 9.17) is 0 Å². The second kappa shape index (κ2) is 3.71. The minimum atomic E-state index is 0.483. The summed E-state index contributed by atoms with van der Waals surface area (Å²) in [5.41, 5.74) is 0.966. The highest BCUT2D eigenvalue weighted by molar-refractivity contribution is 5.19. The van der Waals surface area contributed by atoms with E-state index in [0.29, 0.717) is 22.9 Å². The number of nitrogens with zero attached hydrogens (tertiary/aromatic N) is 1. The fourth-order valence-electron chi connectivity index (χ4n) is 3.58. The van der Waals surface area contributed by atoms with Gasteiger partial charge in [0, 0.05) is 31.2 Å². The van der Waals surface area contributed by atoms with E-state index in [1.165, 1.54) is 13.0 Å². The molecule has 94 valence electrons. The Labute approximate surface area is 101 Å². The first kappa shape index (κ1) is 12.4. The van der Waals surface area contributed by atoms with Gasteiger partial charge in [0.2, 0.25) is 0 Å². The van der Waals surface area contributed by atoms with E-state index in [1.54, 1.807) is 0 Å². The van der Waals surface area contributed by atoms with Crippen molar-refractivity contribution < 1.29 is 0 Å². The van der Waals surface area contributed by atoms with Gasteiger partial charge in [-0.05, 0) is 24.2 Å². The van der Waals surface area contributed by atoms with Gasteiger partial charge in [-0.15, -0.1) is 0 Å². The van der Waals surface area contributed by atoms with Crippen LogP contribution in [-0.2, 0) is 0 Å². The van der Waals surface area contributed by atoms with Crippen LogP contribution < -0.4 is 5.32 Å². The number of hydrogen-bond acceptors (Lipinski definition) is 2. The molecular weight excluding hydrogens is 196 g/mol. The van der Waals surface area contributed by atoms with E-state index in [-0.39, 0.29) is 0 Å². The highest BCUT2D eigenvalue weighted by atomic mass is 15.3. The molecular formula is C14H28N2. The van der Waals surface area contributed by atoms with Gasteiger partial charge < -0.3 is 5.32 Å². The third-order valence-electron chi connectivity index (χ3n) is 5.47. The normalized spacial score (nSPS) is 38.6. The number of nitrogens with one attached hydrogen (secondary N) is 1. The highest BCUT2D eigenvalue weighted by Crippen LogP contribution is 2.65. The van der Waals surface area contributed by atoms with Crippen LogP contribution in [0.15, 0.2) is 0 Å². The van der Waals surface area contributed by atoms with Crippen molar-refractivity contribution in [3.63, 3.8) is 0 Å². The lowest BCUT2D eigenvalue weighted by Crippen LogP contribution is -2.56. The standard InChI is InChI=1S/C14H28N2/c1-7-11-9-16(10(2)8-15-11)12-13(3,4)14(12,5)6/h10-12,15H,7-9H2,1-6H3. The third kappa shape index (κ3) is 1.62. The van der Waals surface area contributed by atoms with Crippen molar-refractivity contribution >= 4 is 0 Å². The molecule has 2 unspecified atom stereocenters. The number of hydrogen-bond donors (Lipinski definition) is 1. The van der Waals surface area contributed by atoms with Gasteiger partial charge in [0.05, 0.1) is 0 Å². The number of piperazine rings is 1. The molecule has 1 aliphatic carbocycles. The van der Waals surface area contributed by atoms with Crippen LogP contribution in [-0.4, -0.2) is 36.1 Å². The van der Waals surface area contributed by atoms with Gasteiger partial charge in [-0.1, -0.05) is 34.6 Å². The maximum atomic E-state index is 3.64. The summed E-state index contributed by atoms with van der Waals surface area (Å²) in [7, 11) is 0. The Morgan fingerprint density at radius 1 is 1.19 bits per heavy atom. The molecule has 0 aromatic carbocycles. The van der Waals surface area contributed by atoms with Gasteiger partial charge in [-0.3, -0.25) is 4.90 Å². The van der Waals surface area contributed by atoms with Gasteiger partial charge in [-0.2, -0.15) is 0 Å². The predicted octanol–water partition coefficient (Wildman–Crippen LogP) is 2.49. The van der Waals surface area contributed by atoms with Crippen LogP contribution >= 0.6 is 0 Å². The lowest BCUT2D eigenvalue weighted by Gasteiger charge is -2.40. The van der Waals surface area contributed by atoms with Crippen LogP contribution in [0.3, 0.4) is 0 Å². The molecule has 1 heterocycles. The first-order chi connectivity index (χ1) is 7.32. The molecule has 0 amide bonds. The van der Waals surface area contributed by atoms with Crippen LogP contribution in [0.1, 0.15) is 48.0 Å². The molecule has 2 atom stereocenters. The fraction of sp³-hybridized carbons (Fsp3) is 1.00. The van der Waals surface area contributed by atoms with E-state index in [0.717, 1.165) is 12.6 Å². The Morgan fingerprint density at radius 3 is 2.19 bits per heavy atom. The maximum absolute atomic E-state index is 3.64. The van der Waals surface area contributed by atoms with Crippen LogP contribution in [0.5, 0.6) is 0 Å². The van der Waals surface area contributed by atoms with Gasteiger partial charge in [0.15, 0.2) is 0 Å². The average Bonchev–Trinajstić information content (AvgIpc) is 2.60. The quantitative estimate of drug-likeness (QED) is 0.775. The molecule has 1 saturated heterocycles. The Morgan fingerprint density at radius 2 is 1.75 bits per heavy atom. The van der Waals surface area contributed by atoms with E-state index in [2.05, 4.69) is 51.8 Å². The summed E-state index contributed by atoms with van der Waals surface area (Å²) in [6.07, 6.45) is 1.25. The zero-order chi connectivity index (χ0) is 12.1. The number of rotatable bonds is 2. The molecule has 1 aliphatic heterocycles. The van der Waals surface area contributed by atoms with Gasteiger partial charge in [-0.25, -0.2) is 0 Å². The molecule has 16 heavy (non-hydrogen) atoms. The summed E-state index contributed by atoms with van der Waals surface area (Å²) < 4.78 is 0. The van der Waals surface area contributed by atoms with Crippen LogP contribution in [0, 0.1) is 10.8 Å². The van der Waals surface area contributed by atoms with Crippen LogP contribution in [0.2, 0.25) is 0 Å². The summed E-state index contributed by atoms with van der Waals surface area (Å²) in [4.78, 5) is 2.75. The van der Waals surface area contributed by atoms with Crippen LogP contribution in [0.25, 0.3) is 0 Å². The van der Waals surface area contributed by atoms with Gasteiger partial charge in [0.25, 0.3) is 0 Å². The minimum Gasteiger partial charge on any atom is -0.311 e. The van der Waals surface area contributed by atoms with Crippen molar-refractivity contribution in [1.29, 1.82) is 0 Å². The van der Waals surface area contributed by atoms with E-state index >= 15 is 0 Å². The summed E-state index contributed by atoms with van der Waals surface area (Å²) >= 11 is 0. The first-order valence-electron chi connectivity index (χ1n) is 6.81. The summed E-state index contributed by atoms with van der Waals surface area (Å²) in [6, 6.07) is 2.16. The second-order valence-electron chi connectivity index (χ2n) is 6.91. The summed E-state index contributed by atoms with van der Waals surface area (Å²) in [5, 5.41) is 3.64. The Hall–Kier alpha value is -0.0800. The van der Waals surface area contributed by atoms with E-state index in [9.17, 15) is 0 Å². The van der Waals surface area contributed by atoms with Crippen molar-refractivity contribution in [2.24, 2.45) is 10.8 Å². The van der Waals surface area contributed by atoms with E-state index < -0.39 is 0 Å². The molecule has 0 bridgehead atoms. The fourth-order valence-corrected chi connectivity index (χ4v) is 3.58. The molecule has 2 nitrogen and oxygen atoms in total. The second-order valence-corrected chi connectivity index (χ2v) is 6.91. The Balaban J connectivity index is 2.09. The molecule has 2 aliphatic rings. The zero-order valence-corrected chi connectivity index (χ0v) is 11.8. The Kier molecular flexibility index (Phi) is 2.87. The first-order valence-corrected chi connectivity index (χ1v) is 6.81. The molecule has 0 aromatic heterocycles. The van der Waals surface area contributed by atoms with Crippen molar-refractivity contribution in [2.45, 2.75) is 66.1 Å². The van der Waals surface area contributed by atoms with Gasteiger partial charge in [0.1, 0.15) is 0 Å². The Bertz CT molecular complexity index is 256. The molecule has 1 saturated carbocycles. The van der Waals surface area contributed by atoms with Crippen molar-refractivity contribution in [3.05, 3.63) is 0 Å². The SMILES string of the molecule is CCC1CN(C2C(C)(C)C2(C)C)C(C)CN1. The lowest BCUT2D eigenvalue weighted by atomic mass is 10.0. The summed E-state index contributed by atoms with van der Waals surface area (Å²) in [5.74, 6) is 0. The predicted molar refractivity (Wildman–Crippen MR) is 69.6 cm³/mol. The molecule has 2 heteroatoms. The topological polar surface area (TPSA) is 15.3 Å².